The summed E-state index contributed by atoms with van der Waals surface area (Å²) < 4.78 is 1.10. The fourth-order valence-electron chi connectivity index (χ4n) is 2.25. The number of hydrogen-bond acceptors (Lipinski definition) is 2. The van der Waals surface area contributed by atoms with E-state index >= 15 is 0 Å². The first-order valence-corrected chi connectivity index (χ1v) is 7.17. The summed E-state index contributed by atoms with van der Waals surface area (Å²) in [6.07, 6.45) is 0.875. The molecule has 3 heteroatoms. The second kappa shape index (κ2) is 6.33. The topological polar surface area (TPSA) is 38.0 Å². The van der Waals surface area contributed by atoms with E-state index in [0.29, 0.717) is 0 Å². The van der Waals surface area contributed by atoms with Crippen LogP contribution in [0.1, 0.15) is 28.3 Å². The molecule has 2 aromatic carbocycles. The minimum absolute atomic E-state index is 0.108. The third kappa shape index (κ3) is 3.66. The third-order valence-electron chi connectivity index (χ3n) is 3.25. The zero-order valence-corrected chi connectivity index (χ0v) is 12.9. The van der Waals surface area contributed by atoms with Gasteiger partial charge in [0.2, 0.25) is 0 Å². The SMILES string of the molecule is Cc1cccc(CC(NN)c2ccc(C)cc2Br)c1. The zero-order chi connectivity index (χ0) is 13.8. The molecule has 0 radical (unpaired) electrons. The molecular weight excluding hydrogens is 300 g/mol. The molecule has 19 heavy (non-hydrogen) atoms. The summed E-state index contributed by atoms with van der Waals surface area (Å²) in [7, 11) is 0. The minimum atomic E-state index is 0.108. The highest BCUT2D eigenvalue weighted by molar-refractivity contribution is 9.10. The third-order valence-corrected chi connectivity index (χ3v) is 3.94. The second-order valence-corrected chi connectivity index (χ2v) is 5.79. The van der Waals surface area contributed by atoms with E-state index in [-0.39, 0.29) is 6.04 Å². The van der Waals surface area contributed by atoms with Crippen molar-refractivity contribution >= 4 is 15.9 Å². The Hall–Kier alpha value is -1.16. The van der Waals surface area contributed by atoms with Crippen molar-refractivity contribution in [2.45, 2.75) is 26.3 Å². The quantitative estimate of drug-likeness (QED) is 0.664. The first kappa shape index (κ1) is 14.3. The average Bonchev–Trinajstić information content (AvgIpc) is 2.37. The van der Waals surface area contributed by atoms with Gasteiger partial charge in [-0.2, -0.15) is 0 Å². The van der Waals surface area contributed by atoms with Gasteiger partial charge in [-0.3, -0.25) is 11.3 Å². The first-order chi connectivity index (χ1) is 9.10. The maximum Gasteiger partial charge on any atom is 0.0511 e. The molecule has 0 aromatic heterocycles. The monoisotopic (exact) mass is 318 g/mol. The molecule has 0 bridgehead atoms. The smallest absolute Gasteiger partial charge is 0.0511 e. The van der Waals surface area contributed by atoms with Crippen LogP contribution in [0.2, 0.25) is 0 Å². The fourth-order valence-corrected chi connectivity index (χ4v) is 3.02. The van der Waals surface area contributed by atoms with Crippen molar-refractivity contribution in [3.63, 3.8) is 0 Å². The molecule has 1 unspecified atom stereocenters. The number of nitrogens with two attached hydrogens (primary N) is 1. The molecule has 0 aliphatic rings. The molecule has 1 atom stereocenters. The van der Waals surface area contributed by atoms with Gasteiger partial charge in [-0.25, -0.2) is 0 Å². The van der Waals surface area contributed by atoms with E-state index in [4.69, 9.17) is 5.84 Å². The van der Waals surface area contributed by atoms with Crippen molar-refractivity contribution in [3.8, 4) is 0 Å². The van der Waals surface area contributed by atoms with E-state index in [1.165, 1.54) is 22.3 Å². The zero-order valence-electron chi connectivity index (χ0n) is 11.3. The van der Waals surface area contributed by atoms with E-state index in [1.807, 2.05) is 0 Å². The van der Waals surface area contributed by atoms with Crippen LogP contribution in [0.3, 0.4) is 0 Å². The molecule has 0 heterocycles. The first-order valence-electron chi connectivity index (χ1n) is 6.38. The van der Waals surface area contributed by atoms with E-state index in [9.17, 15) is 0 Å². The van der Waals surface area contributed by atoms with Gasteiger partial charge in [-0.15, -0.1) is 0 Å². The molecule has 0 aliphatic heterocycles. The highest BCUT2D eigenvalue weighted by Gasteiger charge is 2.13. The number of hydrogen-bond donors (Lipinski definition) is 2. The largest absolute Gasteiger partial charge is 0.271 e. The summed E-state index contributed by atoms with van der Waals surface area (Å²) in [5.74, 6) is 5.73. The molecule has 0 saturated heterocycles. The summed E-state index contributed by atoms with van der Waals surface area (Å²) >= 11 is 3.62. The minimum Gasteiger partial charge on any atom is -0.271 e. The molecular formula is C16H19BrN2. The molecule has 0 amide bonds. The van der Waals surface area contributed by atoms with Crippen molar-refractivity contribution in [1.82, 2.24) is 5.43 Å². The standard InChI is InChI=1S/C16H19BrN2/c1-11-4-3-5-13(8-11)10-16(19-18)14-7-6-12(2)9-15(14)17/h3-9,16,19H,10,18H2,1-2H3. The Balaban J connectivity index is 2.25. The van der Waals surface area contributed by atoms with Crippen LogP contribution in [-0.4, -0.2) is 0 Å². The molecule has 0 saturated carbocycles. The Morgan fingerprint density at radius 2 is 1.84 bits per heavy atom. The molecule has 0 aliphatic carbocycles. The van der Waals surface area contributed by atoms with E-state index in [0.717, 1.165) is 10.9 Å². The Kier molecular flexibility index (Phi) is 4.75. The van der Waals surface area contributed by atoms with Gasteiger partial charge in [0.1, 0.15) is 0 Å². The summed E-state index contributed by atoms with van der Waals surface area (Å²) in [4.78, 5) is 0. The van der Waals surface area contributed by atoms with Crippen molar-refractivity contribution in [2.75, 3.05) is 0 Å². The van der Waals surface area contributed by atoms with Crippen molar-refractivity contribution in [2.24, 2.45) is 5.84 Å². The number of hydrazine groups is 1. The van der Waals surface area contributed by atoms with Gasteiger partial charge in [0.05, 0.1) is 6.04 Å². The van der Waals surface area contributed by atoms with Crippen LogP contribution < -0.4 is 11.3 Å². The maximum atomic E-state index is 5.73. The normalized spacial score (nSPS) is 12.4. The van der Waals surface area contributed by atoms with Gasteiger partial charge < -0.3 is 0 Å². The van der Waals surface area contributed by atoms with Gasteiger partial charge >= 0.3 is 0 Å². The predicted octanol–water partition coefficient (Wildman–Crippen LogP) is 3.81. The summed E-state index contributed by atoms with van der Waals surface area (Å²) in [6, 6.07) is 15.0. The van der Waals surface area contributed by atoms with Crippen molar-refractivity contribution < 1.29 is 0 Å². The number of aryl methyl sites for hydroxylation is 2. The summed E-state index contributed by atoms with van der Waals surface area (Å²) in [5.41, 5.74) is 7.91. The van der Waals surface area contributed by atoms with Gasteiger partial charge in [0, 0.05) is 4.47 Å². The molecule has 0 fully saturated rings. The fraction of sp³-hybridized carbons (Fsp3) is 0.250. The number of halogens is 1. The van der Waals surface area contributed by atoms with Crippen molar-refractivity contribution in [3.05, 3.63) is 69.2 Å². The van der Waals surface area contributed by atoms with E-state index < -0.39 is 0 Å². The lowest BCUT2D eigenvalue weighted by atomic mass is 9.98. The van der Waals surface area contributed by atoms with Crippen LogP contribution in [-0.2, 0) is 6.42 Å². The highest BCUT2D eigenvalue weighted by atomic mass is 79.9. The number of rotatable bonds is 4. The number of nitrogens with one attached hydrogen (secondary N) is 1. The van der Waals surface area contributed by atoms with Gasteiger partial charge in [-0.05, 0) is 43.0 Å². The van der Waals surface area contributed by atoms with Gasteiger partial charge in [0.15, 0.2) is 0 Å². The van der Waals surface area contributed by atoms with Crippen LogP contribution >= 0.6 is 15.9 Å². The molecule has 100 valence electrons. The van der Waals surface area contributed by atoms with Crippen LogP contribution in [0.25, 0.3) is 0 Å². The summed E-state index contributed by atoms with van der Waals surface area (Å²) in [6.45, 7) is 4.19. The van der Waals surface area contributed by atoms with Crippen molar-refractivity contribution in [1.29, 1.82) is 0 Å². The highest BCUT2D eigenvalue weighted by Crippen LogP contribution is 2.26. The Morgan fingerprint density at radius 1 is 1.11 bits per heavy atom. The molecule has 0 spiro atoms. The Labute approximate surface area is 123 Å². The van der Waals surface area contributed by atoms with E-state index in [2.05, 4.69) is 77.7 Å². The maximum absolute atomic E-state index is 5.73. The predicted molar refractivity (Wildman–Crippen MR) is 83.8 cm³/mol. The lowest BCUT2D eigenvalue weighted by Crippen LogP contribution is -2.29. The summed E-state index contributed by atoms with van der Waals surface area (Å²) in [5, 5.41) is 0. The Bertz CT molecular complexity index is 566. The second-order valence-electron chi connectivity index (χ2n) is 4.94. The molecule has 3 N–H and O–H groups in total. The molecule has 2 nitrogen and oxygen atoms in total. The van der Waals surface area contributed by atoms with Crippen LogP contribution in [0.15, 0.2) is 46.9 Å². The molecule has 2 aromatic rings. The Morgan fingerprint density at radius 3 is 2.47 bits per heavy atom. The van der Waals surface area contributed by atoms with Gasteiger partial charge in [0.25, 0.3) is 0 Å². The van der Waals surface area contributed by atoms with Crippen LogP contribution in [0.5, 0.6) is 0 Å². The molecule has 2 rings (SSSR count). The van der Waals surface area contributed by atoms with Gasteiger partial charge in [-0.1, -0.05) is 57.9 Å². The van der Waals surface area contributed by atoms with E-state index in [1.54, 1.807) is 0 Å². The number of benzene rings is 2. The lowest BCUT2D eigenvalue weighted by Gasteiger charge is -2.18. The average molecular weight is 319 g/mol. The van der Waals surface area contributed by atoms with Crippen LogP contribution in [0.4, 0.5) is 0 Å². The van der Waals surface area contributed by atoms with Crippen LogP contribution in [0, 0.1) is 13.8 Å². The lowest BCUT2D eigenvalue weighted by molar-refractivity contribution is 0.550.